The van der Waals surface area contributed by atoms with E-state index in [2.05, 4.69) is 29.5 Å². The van der Waals surface area contributed by atoms with Gasteiger partial charge in [0.1, 0.15) is 5.82 Å². The minimum absolute atomic E-state index is 0.147. The molecule has 0 saturated heterocycles. The summed E-state index contributed by atoms with van der Waals surface area (Å²) in [4.78, 5) is 16.5. The van der Waals surface area contributed by atoms with E-state index in [1.54, 1.807) is 6.20 Å². The maximum Gasteiger partial charge on any atom is 0.227 e. The summed E-state index contributed by atoms with van der Waals surface area (Å²) >= 11 is 0. The highest BCUT2D eigenvalue weighted by molar-refractivity contribution is 5.92. The number of carbonyl (C=O) groups is 1. The van der Waals surface area contributed by atoms with Gasteiger partial charge in [-0.1, -0.05) is 26.2 Å². The van der Waals surface area contributed by atoms with E-state index < -0.39 is 0 Å². The molecule has 1 aliphatic rings. The Labute approximate surface area is 121 Å². The lowest BCUT2D eigenvalue weighted by atomic mass is 9.88. The highest BCUT2D eigenvalue weighted by Gasteiger charge is 2.20. The Hall–Kier alpha value is -1.58. The summed E-state index contributed by atoms with van der Waals surface area (Å²) in [5, 5.41) is 6.29. The number of anilines is 2. The van der Waals surface area contributed by atoms with Gasteiger partial charge in [-0.25, -0.2) is 4.98 Å². The van der Waals surface area contributed by atoms with Crippen molar-refractivity contribution in [1.82, 2.24) is 4.98 Å². The molecule has 0 spiro atoms. The van der Waals surface area contributed by atoms with Gasteiger partial charge >= 0.3 is 0 Å². The zero-order valence-corrected chi connectivity index (χ0v) is 12.5. The molecule has 1 aliphatic carbocycles. The predicted octanol–water partition coefficient (Wildman–Crippen LogP) is 3.81. The minimum atomic E-state index is 0.147. The highest BCUT2D eigenvalue weighted by atomic mass is 16.1. The van der Waals surface area contributed by atoms with Crippen molar-refractivity contribution in [2.75, 3.05) is 10.6 Å². The zero-order valence-electron chi connectivity index (χ0n) is 12.5. The first kappa shape index (κ1) is 14.8. The quantitative estimate of drug-likeness (QED) is 0.859. The van der Waals surface area contributed by atoms with Crippen LogP contribution in [0.3, 0.4) is 0 Å². The van der Waals surface area contributed by atoms with Crippen LogP contribution in [-0.2, 0) is 4.79 Å². The summed E-state index contributed by atoms with van der Waals surface area (Å²) in [6.45, 7) is 4.26. The van der Waals surface area contributed by atoms with Gasteiger partial charge in [0.25, 0.3) is 0 Å². The summed E-state index contributed by atoms with van der Waals surface area (Å²) in [7, 11) is 0. The van der Waals surface area contributed by atoms with Crippen LogP contribution in [0, 0.1) is 5.92 Å². The van der Waals surface area contributed by atoms with E-state index >= 15 is 0 Å². The monoisotopic (exact) mass is 275 g/mol. The molecule has 2 rings (SSSR count). The van der Waals surface area contributed by atoms with E-state index in [-0.39, 0.29) is 11.8 Å². The normalized spacial score (nSPS) is 17.5. The SMILES string of the molecule is CCC(C)Nc1ccc(NC(=O)C2CCCCC2)cn1. The molecule has 1 aromatic rings. The van der Waals surface area contributed by atoms with Crippen LogP contribution in [0.1, 0.15) is 52.4 Å². The standard InChI is InChI=1S/C16H25N3O/c1-3-12(2)18-15-10-9-14(11-17-15)19-16(20)13-7-5-4-6-8-13/h9-13H,3-8H2,1-2H3,(H,17,18)(H,19,20). The van der Waals surface area contributed by atoms with Crippen molar-refractivity contribution >= 4 is 17.4 Å². The molecule has 1 heterocycles. The molecule has 1 atom stereocenters. The van der Waals surface area contributed by atoms with Crippen molar-refractivity contribution in [2.45, 2.75) is 58.4 Å². The van der Waals surface area contributed by atoms with Gasteiger partial charge in [0.2, 0.25) is 5.91 Å². The summed E-state index contributed by atoms with van der Waals surface area (Å²) in [6, 6.07) is 4.24. The number of amides is 1. The molecular formula is C16H25N3O. The Morgan fingerprint density at radius 1 is 1.35 bits per heavy atom. The first-order chi connectivity index (χ1) is 9.69. The second kappa shape index (κ2) is 7.27. The van der Waals surface area contributed by atoms with Crippen molar-refractivity contribution < 1.29 is 4.79 Å². The number of nitrogens with zero attached hydrogens (tertiary/aromatic N) is 1. The second-order valence-electron chi connectivity index (χ2n) is 5.71. The van der Waals surface area contributed by atoms with Gasteiger partial charge in [-0.2, -0.15) is 0 Å². The molecule has 0 aliphatic heterocycles. The van der Waals surface area contributed by atoms with Crippen LogP contribution < -0.4 is 10.6 Å². The van der Waals surface area contributed by atoms with Crippen molar-refractivity contribution in [1.29, 1.82) is 0 Å². The van der Waals surface area contributed by atoms with Gasteiger partial charge in [0.15, 0.2) is 0 Å². The van der Waals surface area contributed by atoms with Crippen molar-refractivity contribution in [3.8, 4) is 0 Å². The summed E-state index contributed by atoms with van der Waals surface area (Å²) < 4.78 is 0. The van der Waals surface area contributed by atoms with Crippen molar-refractivity contribution in [3.05, 3.63) is 18.3 Å². The third kappa shape index (κ3) is 4.22. The third-order valence-corrected chi connectivity index (χ3v) is 4.01. The molecule has 1 saturated carbocycles. The lowest BCUT2D eigenvalue weighted by Gasteiger charge is -2.20. The molecule has 1 aromatic heterocycles. The summed E-state index contributed by atoms with van der Waals surface area (Å²) in [5.41, 5.74) is 0.787. The van der Waals surface area contributed by atoms with Crippen LogP contribution in [0.25, 0.3) is 0 Å². The molecule has 20 heavy (non-hydrogen) atoms. The topological polar surface area (TPSA) is 54.0 Å². The van der Waals surface area contributed by atoms with Gasteiger partial charge in [-0.15, -0.1) is 0 Å². The molecule has 0 bridgehead atoms. The number of nitrogens with one attached hydrogen (secondary N) is 2. The first-order valence-electron chi connectivity index (χ1n) is 7.72. The molecule has 1 fully saturated rings. The van der Waals surface area contributed by atoms with Crippen LogP contribution in [-0.4, -0.2) is 16.9 Å². The minimum Gasteiger partial charge on any atom is -0.368 e. The lowest BCUT2D eigenvalue weighted by Crippen LogP contribution is -2.24. The average Bonchev–Trinajstić information content (AvgIpc) is 2.50. The largest absolute Gasteiger partial charge is 0.368 e. The zero-order chi connectivity index (χ0) is 14.4. The number of pyridine rings is 1. The maximum absolute atomic E-state index is 12.1. The van der Waals surface area contributed by atoms with Crippen LogP contribution in [0.2, 0.25) is 0 Å². The number of rotatable bonds is 5. The van der Waals surface area contributed by atoms with Crippen LogP contribution in [0.5, 0.6) is 0 Å². The smallest absolute Gasteiger partial charge is 0.227 e. The van der Waals surface area contributed by atoms with E-state index in [1.807, 2.05) is 12.1 Å². The number of carbonyl (C=O) groups excluding carboxylic acids is 1. The molecule has 0 aromatic carbocycles. The van der Waals surface area contributed by atoms with E-state index in [9.17, 15) is 4.79 Å². The van der Waals surface area contributed by atoms with E-state index in [0.717, 1.165) is 30.8 Å². The average molecular weight is 275 g/mol. The molecule has 0 radical (unpaired) electrons. The summed E-state index contributed by atoms with van der Waals surface area (Å²) in [5.74, 6) is 1.19. The van der Waals surface area contributed by atoms with Crippen LogP contribution in [0.15, 0.2) is 18.3 Å². The molecule has 4 heteroatoms. The molecule has 1 unspecified atom stereocenters. The van der Waals surface area contributed by atoms with Crippen molar-refractivity contribution in [3.63, 3.8) is 0 Å². The maximum atomic E-state index is 12.1. The fourth-order valence-electron chi connectivity index (χ4n) is 2.52. The Kier molecular flexibility index (Phi) is 5.39. The molecule has 110 valence electrons. The van der Waals surface area contributed by atoms with Gasteiger partial charge < -0.3 is 10.6 Å². The van der Waals surface area contributed by atoms with Crippen molar-refractivity contribution in [2.24, 2.45) is 5.92 Å². The molecule has 1 amide bonds. The molecule has 4 nitrogen and oxygen atoms in total. The first-order valence-corrected chi connectivity index (χ1v) is 7.72. The molecular weight excluding hydrogens is 250 g/mol. The Morgan fingerprint density at radius 3 is 2.70 bits per heavy atom. The van der Waals surface area contributed by atoms with Crippen LogP contribution >= 0.6 is 0 Å². The fraction of sp³-hybridized carbons (Fsp3) is 0.625. The van der Waals surface area contributed by atoms with E-state index in [4.69, 9.17) is 0 Å². The predicted molar refractivity (Wildman–Crippen MR) is 82.8 cm³/mol. The Morgan fingerprint density at radius 2 is 2.10 bits per heavy atom. The van der Waals surface area contributed by atoms with Gasteiger partial charge in [-0.3, -0.25) is 4.79 Å². The van der Waals surface area contributed by atoms with Gasteiger partial charge in [0.05, 0.1) is 11.9 Å². The summed E-state index contributed by atoms with van der Waals surface area (Å²) in [6.07, 6.45) is 8.44. The highest BCUT2D eigenvalue weighted by Crippen LogP contribution is 2.25. The van der Waals surface area contributed by atoms with Gasteiger partial charge in [-0.05, 0) is 38.3 Å². The molecule has 2 N–H and O–H groups in total. The Bertz CT molecular complexity index is 424. The van der Waals surface area contributed by atoms with Gasteiger partial charge in [0, 0.05) is 12.0 Å². The number of aromatic nitrogens is 1. The van der Waals surface area contributed by atoms with E-state index in [0.29, 0.717) is 6.04 Å². The Balaban J connectivity index is 1.88. The second-order valence-corrected chi connectivity index (χ2v) is 5.71. The number of hydrogen-bond donors (Lipinski definition) is 2. The lowest BCUT2D eigenvalue weighted by molar-refractivity contribution is -0.120. The number of hydrogen-bond acceptors (Lipinski definition) is 3. The van der Waals surface area contributed by atoms with E-state index in [1.165, 1.54) is 19.3 Å². The fourth-order valence-corrected chi connectivity index (χ4v) is 2.52. The third-order valence-electron chi connectivity index (χ3n) is 4.01. The van der Waals surface area contributed by atoms with Crippen LogP contribution in [0.4, 0.5) is 11.5 Å².